The smallest absolute Gasteiger partial charge is 0.186 e. The third-order valence-electron chi connectivity index (χ3n) is 3.50. The Bertz CT molecular complexity index is 569. The first kappa shape index (κ1) is 13.8. The molecule has 2 aromatic heterocycles. The maximum atomic E-state index is 4.88. The molecule has 2 aromatic rings. The fourth-order valence-corrected chi connectivity index (χ4v) is 4.34. The van der Waals surface area contributed by atoms with Gasteiger partial charge in [-0.2, -0.15) is 0 Å². The molecule has 1 saturated heterocycles. The minimum Gasteiger partial charge on any atom is -0.365 e. The van der Waals surface area contributed by atoms with Crippen LogP contribution in [0.25, 0.3) is 10.6 Å². The van der Waals surface area contributed by atoms with Crippen molar-refractivity contribution >= 4 is 32.9 Å². The van der Waals surface area contributed by atoms with E-state index in [0.717, 1.165) is 36.8 Å². The van der Waals surface area contributed by atoms with E-state index in [4.69, 9.17) is 4.98 Å². The standard InChI is InChI=1S/C14H20N4S2/c1-3-6-10-12(11-9-19-13(15-2)16-11)20-14(17-10)18-7-4-5-8-18/h9H,3-8H2,1-2H3,(H,15,16). The Morgan fingerprint density at radius 3 is 2.75 bits per heavy atom. The van der Waals surface area contributed by atoms with Crippen molar-refractivity contribution in [3.63, 3.8) is 0 Å². The van der Waals surface area contributed by atoms with Crippen molar-refractivity contribution in [2.75, 3.05) is 30.4 Å². The highest BCUT2D eigenvalue weighted by molar-refractivity contribution is 7.19. The molecule has 1 fully saturated rings. The van der Waals surface area contributed by atoms with Gasteiger partial charge in [-0.3, -0.25) is 0 Å². The molecular weight excluding hydrogens is 288 g/mol. The number of hydrogen-bond donors (Lipinski definition) is 1. The average molecular weight is 308 g/mol. The minimum atomic E-state index is 0.971. The third-order valence-corrected chi connectivity index (χ3v) is 5.54. The SMILES string of the molecule is CCCc1nc(N2CCCC2)sc1-c1csc(NC)n1. The topological polar surface area (TPSA) is 41.1 Å². The number of aromatic nitrogens is 2. The quantitative estimate of drug-likeness (QED) is 0.910. The van der Waals surface area contributed by atoms with Gasteiger partial charge in [0.1, 0.15) is 0 Å². The van der Waals surface area contributed by atoms with Crippen LogP contribution in [0.1, 0.15) is 31.9 Å². The second-order valence-corrected chi connectivity index (χ2v) is 6.84. The van der Waals surface area contributed by atoms with Crippen molar-refractivity contribution in [1.29, 1.82) is 0 Å². The molecule has 20 heavy (non-hydrogen) atoms. The summed E-state index contributed by atoms with van der Waals surface area (Å²) in [6.45, 7) is 4.51. The van der Waals surface area contributed by atoms with E-state index in [9.17, 15) is 0 Å². The van der Waals surface area contributed by atoms with Crippen LogP contribution >= 0.6 is 22.7 Å². The van der Waals surface area contributed by atoms with Crippen LogP contribution in [-0.2, 0) is 6.42 Å². The summed E-state index contributed by atoms with van der Waals surface area (Å²) in [7, 11) is 1.91. The molecule has 1 aliphatic heterocycles. The molecule has 6 heteroatoms. The molecular formula is C14H20N4S2. The Morgan fingerprint density at radius 2 is 2.10 bits per heavy atom. The van der Waals surface area contributed by atoms with Gasteiger partial charge in [0.2, 0.25) is 0 Å². The van der Waals surface area contributed by atoms with Crippen molar-refractivity contribution in [2.45, 2.75) is 32.6 Å². The first-order chi connectivity index (χ1) is 9.81. The first-order valence-corrected chi connectivity index (χ1v) is 8.89. The zero-order valence-corrected chi connectivity index (χ0v) is 13.6. The summed E-state index contributed by atoms with van der Waals surface area (Å²) < 4.78 is 0. The lowest BCUT2D eigenvalue weighted by Crippen LogP contribution is -2.17. The number of nitrogens with zero attached hydrogens (tertiary/aromatic N) is 3. The van der Waals surface area contributed by atoms with Crippen LogP contribution in [0.4, 0.5) is 10.3 Å². The predicted molar refractivity (Wildman–Crippen MR) is 88.2 cm³/mol. The van der Waals surface area contributed by atoms with Crippen LogP contribution in [0.3, 0.4) is 0 Å². The fraction of sp³-hybridized carbons (Fsp3) is 0.571. The van der Waals surface area contributed by atoms with Crippen molar-refractivity contribution in [3.8, 4) is 10.6 Å². The van der Waals surface area contributed by atoms with Crippen LogP contribution in [0.2, 0.25) is 0 Å². The molecule has 108 valence electrons. The van der Waals surface area contributed by atoms with Crippen LogP contribution in [0, 0.1) is 0 Å². The van der Waals surface area contributed by atoms with Crippen LogP contribution in [0.5, 0.6) is 0 Å². The van der Waals surface area contributed by atoms with Gasteiger partial charge >= 0.3 is 0 Å². The second kappa shape index (κ2) is 6.10. The molecule has 0 aliphatic carbocycles. The molecule has 4 nitrogen and oxygen atoms in total. The van der Waals surface area contributed by atoms with Gasteiger partial charge in [-0.05, 0) is 19.3 Å². The second-order valence-electron chi connectivity index (χ2n) is 5.00. The molecule has 1 aliphatic rings. The lowest BCUT2D eigenvalue weighted by atomic mass is 10.2. The Hall–Kier alpha value is -1.14. The van der Waals surface area contributed by atoms with Crippen LogP contribution in [-0.4, -0.2) is 30.1 Å². The Balaban J connectivity index is 1.94. The van der Waals surface area contributed by atoms with E-state index < -0.39 is 0 Å². The van der Waals surface area contributed by atoms with Gasteiger partial charge in [-0.1, -0.05) is 24.7 Å². The highest BCUT2D eigenvalue weighted by Crippen LogP contribution is 2.37. The van der Waals surface area contributed by atoms with E-state index in [1.54, 1.807) is 22.7 Å². The highest BCUT2D eigenvalue weighted by atomic mass is 32.1. The number of anilines is 2. The van der Waals surface area contributed by atoms with Crippen molar-refractivity contribution in [3.05, 3.63) is 11.1 Å². The van der Waals surface area contributed by atoms with Gasteiger partial charge in [0.25, 0.3) is 0 Å². The lowest BCUT2D eigenvalue weighted by molar-refractivity contribution is 0.879. The average Bonchev–Trinajstić information content (AvgIpc) is 3.19. The van der Waals surface area contributed by atoms with Gasteiger partial charge < -0.3 is 10.2 Å². The molecule has 3 rings (SSSR count). The van der Waals surface area contributed by atoms with Crippen molar-refractivity contribution in [1.82, 2.24) is 9.97 Å². The molecule has 0 spiro atoms. The van der Waals surface area contributed by atoms with E-state index in [1.807, 2.05) is 7.05 Å². The molecule has 0 amide bonds. The van der Waals surface area contributed by atoms with E-state index in [-0.39, 0.29) is 0 Å². The summed E-state index contributed by atoms with van der Waals surface area (Å²) in [6, 6.07) is 0. The Kier molecular flexibility index (Phi) is 4.21. The summed E-state index contributed by atoms with van der Waals surface area (Å²) in [5, 5.41) is 7.39. The zero-order valence-electron chi connectivity index (χ0n) is 12.0. The minimum absolute atomic E-state index is 0.971. The summed E-state index contributed by atoms with van der Waals surface area (Å²) in [5.74, 6) is 0. The summed E-state index contributed by atoms with van der Waals surface area (Å²) >= 11 is 3.46. The van der Waals surface area contributed by atoms with Gasteiger partial charge in [0.15, 0.2) is 10.3 Å². The maximum Gasteiger partial charge on any atom is 0.186 e. The largest absolute Gasteiger partial charge is 0.365 e. The van der Waals surface area contributed by atoms with E-state index >= 15 is 0 Å². The number of rotatable bonds is 5. The van der Waals surface area contributed by atoms with Gasteiger partial charge in [0.05, 0.1) is 16.3 Å². The van der Waals surface area contributed by atoms with E-state index in [0.29, 0.717) is 0 Å². The monoisotopic (exact) mass is 308 g/mol. The van der Waals surface area contributed by atoms with Gasteiger partial charge in [-0.25, -0.2) is 9.97 Å². The van der Waals surface area contributed by atoms with Crippen molar-refractivity contribution in [2.24, 2.45) is 0 Å². The highest BCUT2D eigenvalue weighted by Gasteiger charge is 2.20. The van der Waals surface area contributed by atoms with Gasteiger partial charge in [-0.15, -0.1) is 11.3 Å². The molecule has 0 aromatic carbocycles. The maximum absolute atomic E-state index is 4.88. The molecule has 0 bridgehead atoms. The first-order valence-electron chi connectivity index (χ1n) is 7.20. The molecule has 0 saturated carbocycles. The Morgan fingerprint density at radius 1 is 1.30 bits per heavy atom. The molecule has 3 heterocycles. The number of nitrogens with one attached hydrogen (secondary N) is 1. The zero-order chi connectivity index (χ0) is 13.9. The molecule has 0 radical (unpaired) electrons. The normalized spacial score (nSPS) is 15.0. The van der Waals surface area contributed by atoms with E-state index in [2.05, 4.69) is 27.5 Å². The Labute approximate surface area is 127 Å². The summed E-state index contributed by atoms with van der Waals surface area (Å²) in [6.07, 6.45) is 4.74. The third kappa shape index (κ3) is 2.67. The number of thiazole rings is 2. The van der Waals surface area contributed by atoms with Crippen LogP contribution in [0.15, 0.2) is 5.38 Å². The molecule has 0 atom stereocenters. The van der Waals surface area contributed by atoms with Gasteiger partial charge in [0, 0.05) is 25.5 Å². The predicted octanol–water partition coefficient (Wildman–Crippen LogP) is 3.86. The lowest BCUT2D eigenvalue weighted by Gasteiger charge is -2.12. The fourth-order valence-electron chi connectivity index (χ4n) is 2.48. The molecule has 1 N–H and O–H groups in total. The van der Waals surface area contributed by atoms with E-state index in [1.165, 1.54) is 28.5 Å². The van der Waals surface area contributed by atoms with Crippen LogP contribution < -0.4 is 10.2 Å². The number of hydrogen-bond acceptors (Lipinski definition) is 6. The molecule has 0 unspecified atom stereocenters. The summed E-state index contributed by atoms with van der Waals surface area (Å²) in [4.78, 5) is 13.2. The number of aryl methyl sites for hydroxylation is 1. The summed E-state index contributed by atoms with van der Waals surface area (Å²) in [5.41, 5.74) is 2.29. The van der Waals surface area contributed by atoms with Crippen molar-refractivity contribution < 1.29 is 0 Å².